The van der Waals surface area contributed by atoms with Crippen molar-refractivity contribution in [3.63, 3.8) is 0 Å². The van der Waals surface area contributed by atoms with Gasteiger partial charge in [0.2, 0.25) is 23.6 Å². The third-order valence-corrected chi connectivity index (χ3v) is 3.49. The lowest BCUT2D eigenvalue weighted by atomic mass is 10.1. The number of carbonyl (C=O) groups excluding carboxylic acids is 4. The second-order valence-electron chi connectivity index (χ2n) is 5.10. The maximum Gasteiger partial charge on any atom is 0.249 e. The van der Waals surface area contributed by atoms with Crippen LogP contribution in [-0.4, -0.2) is 36.2 Å². The molecule has 23 heavy (non-hydrogen) atoms. The van der Waals surface area contributed by atoms with Gasteiger partial charge in [0.25, 0.3) is 0 Å². The van der Waals surface area contributed by atoms with Gasteiger partial charge in [-0.25, -0.2) is 4.39 Å². The topological polar surface area (TPSA) is 136 Å². The first kappa shape index (κ1) is 16.4. The molecule has 1 fully saturated rings. The second kappa shape index (κ2) is 6.42. The van der Waals surface area contributed by atoms with E-state index in [1.165, 1.54) is 18.2 Å². The lowest BCUT2D eigenvalue weighted by Crippen LogP contribution is -2.54. The van der Waals surface area contributed by atoms with Crippen LogP contribution < -0.4 is 21.7 Å². The van der Waals surface area contributed by atoms with Crippen molar-refractivity contribution >= 4 is 29.3 Å². The molecule has 0 saturated carbocycles. The molecule has 122 valence electrons. The average Bonchev–Trinajstić information content (AvgIpc) is 2.86. The summed E-state index contributed by atoms with van der Waals surface area (Å²) in [5, 5.41) is 2.10. The molecule has 1 aromatic carbocycles. The van der Waals surface area contributed by atoms with Crippen LogP contribution >= 0.6 is 0 Å². The molecule has 5 N–H and O–H groups in total. The molecule has 1 aliphatic rings. The summed E-state index contributed by atoms with van der Waals surface area (Å²) in [6.07, 6.45) is -0.176. The highest BCUT2D eigenvalue weighted by Crippen LogP contribution is 2.27. The van der Waals surface area contributed by atoms with Crippen molar-refractivity contribution in [2.24, 2.45) is 17.4 Å². The molecule has 0 unspecified atom stereocenters. The highest BCUT2D eigenvalue weighted by atomic mass is 19.1. The van der Waals surface area contributed by atoms with Crippen molar-refractivity contribution in [1.82, 2.24) is 5.32 Å². The van der Waals surface area contributed by atoms with E-state index < -0.39 is 41.4 Å². The van der Waals surface area contributed by atoms with Crippen LogP contribution in [0.5, 0.6) is 0 Å². The molecule has 1 aromatic rings. The molecule has 0 aromatic heterocycles. The first-order valence-corrected chi connectivity index (χ1v) is 6.75. The number of amides is 4. The molecular formula is C14H15FN4O4. The SMILES string of the molecule is NC(=O)C(NC(=O)[C@H]1CC(=O)N(c2ccccc2F)C1)C(N)=O. The first-order chi connectivity index (χ1) is 10.8. The number of rotatable bonds is 5. The fraction of sp³-hybridized carbons (Fsp3) is 0.286. The number of hydrogen-bond acceptors (Lipinski definition) is 4. The van der Waals surface area contributed by atoms with Crippen LogP contribution in [0.3, 0.4) is 0 Å². The second-order valence-corrected chi connectivity index (χ2v) is 5.10. The Labute approximate surface area is 130 Å². The summed E-state index contributed by atoms with van der Waals surface area (Å²) in [5.41, 5.74) is 10.0. The minimum absolute atomic E-state index is 0.0640. The molecule has 1 heterocycles. The number of anilines is 1. The monoisotopic (exact) mass is 322 g/mol. The molecule has 1 saturated heterocycles. The molecular weight excluding hydrogens is 307 g/mol. The van der Waals surface area contributed by atoms with Crippen LogP contribution in [0.25, 0.3) is 0 Å². The van der Waals surface area contributed by atoms with Gasteiger partial charge in [-0.15, -0.1) is 0 Å². The van der Waals surface area contributed by atoms with E-state index in [9.17, 15) is 23.6 Å². The van der Waals surface area contributed by atoms with Crippen molar-refractivity contribution in [2.75, 3.05) is 11.4 Å². The van der Waals surface area contributed by atoms with Crippen LogP contribution in [0.15, 0.2) is 24.3 Å². The number of hydrogen-bond donors (Lipinski definition) is 3. The Morgan fingerprint density at radius 2 is 1.83 bits per heavy atom. The number of para-hydroxylation sites is 1. The van der Waals surface area contributed by atoms with E-state index in [2.05, 4.69) is 5.32 Å². The molecule has 0 bridgehead atoms. The Balaban J connectivity index is 2.10. The number of nitrogens with zero attached hydrogens (tertiary/aromatic N) is 1. The molecule has 4 amide bonds. The van der Waals surface area contributed by atoms with Gasteiger partial charge in [-0.05, 0) is 12.1 Å². The zero-order valence-electron chi connectivity index (χ0n) is 12.0. The molecule has 8 nitrogen and oxygen atoms in total. The van der Waals surface area contributed by atoms with E-state index in [1.54, 1.807) is 6.07 Å². The number of nitrogens with two attached hydrogens (primary N) is 2. The predicted molar refractivity (Wildman–Crippen MR) is 77.2 cm³/mol. The summed E-state index contributed by atoms with van der Waals surface area (Å²) in [6.45, 7) is -0.0736. The summed E-state index contributed by atoms with van der Waals surface area (Å²) >= 11 is 0. The van der Waals surface area contributed by atoms with Gasteiger partial charge < -0.3 is 21.7 Å². The smallest absolute Gasteiger partial charge is 0.249 e. The van der Waals surface area contributed by atoms with Crippen molar-refractivity contribution in [1.29, 1.82) is 0 Å². The fourth-order valence-corrected chi connectivity index (χ4v) is 2.33. The predicted octanol–water partition coefficient (Wildman–Crippen LogP) is -1.37. The maximum absolute atomic E-state index is 13.7. The van der Waals surface area contributed by atoms with Gasteiger partial charge in [0, 0.05) is 13.0 Å². The first-order valence-electron chi connectivity index (χ1n) is 6.75. The molecule has 0 spiro atoms. The van der Waals surface area contributed by atoms with E-state index in [4.69, 9.17) is 11.5 Å². The van der Waals surface area contributed by atoms with Crippen molar-refractivity contribution < 1.29 is 23.6 Å². The number of halogens is 1. The molecule has 0 aliphatic carbocycles. The minimum Gasteiger partial charge on any atom is -0.367 e. The van der Waals surface area contributed by atoms with E-state index in [0.717, 1.165) is 4.90 Å². The van der Waals surface area contributed by atoms with Gasteiger partial charge in [-0.1, -0.05) is 12.1 Å². The van der Waals surface area contributed by atoms with Crippen LogP contribution in [-0.2, 0) is 19.2 Å². The molecule has 1 atom stereocenters. The number of nitrogens with one attached hydrogen (secondary N) is 1. The standard InChI is InChI=1S/C14H15FN4O4/c15-8-3-1-2-4-9(8)19-6-7(5-10(19)20)14(23)18-11(12(16)21)13(17)22/h1-4,7,11H,5-6H2,(H2,16,21)(H2,17,22)(H,18,23)/t7-/m0/s1. The highest BCUT2D eigenvalue weighted by Gasteiger charge is 2.37. The fourth-order valence-electron chi connectivity index (χ4n) is 2.33. The van der Waals surface area contributed by atoms with Crippen LogP contribution in [0.1, 0.15) is 6.42 Å². The Kier molecular flexibility index (Phi) is 4.58. The summed E-state index contributed by atoms with van der Waals surface area (Å²) in [4.78, 5) is 47.3. The van der Waals surface area contributed by atoms with Crippen molar-refractivity contribution in [2.45, 2.75) is 12.5 Å². The molecule has 2 rings (SSSR count). The van der Waals surface area contributed by atoms with Crippen molar-refractivity contribution in [3.8, 4) is 0 Å². The lowest BCUT2D eigenvalue weighted by molar-refractivity contribution is -0.135. The molecule has 9 heteroatoms. The largest absolute Gasteiger partial charge is 0.367 e. The van der Waals surface area contributed by atoms with Crippen LogP contribution in [0.2, 0.25) is 0 Å². The average molecular weight is 322 g/mol. The zero-order valence-corrected chi connectivity index (χ0v) is 12.0. The summed E-state index contributed by atoms with van der Waals surface area (Å²) in [7, 11) is 0. The normalized spacial score (nSPS) is 17.4. The minimum atomic E-state index is -1.65. The van der Waals surface area contributed by atoms with Crippen molar-refractivity contribution in [3.05, 3.63) is 30.1 Å². The summed E-state index contributed by atoms with van der Waals surface area (Å²) in [5.74, 6) is -4.79. The van der Waals surface area contributed by atoms with E-state index in [-0.39, 0.29) is 18.7 Å². The van der Waals surface area contributed by atoms with Gasteiger partial charge in [0.1, 0.15) is 5.82 Å². The van der Waals surface area contributed by atoms with Gasteiger partial charge in [-0.2, -0.15) is 0 Å². The zero-order chi connectivity index (χ0) is 17.1. The Bertz CT molecular complexity index is 664. The third-order valence-electron chi connectivity index (χ3n) is 3.49. The van der Waals surface area contributed by atoms with Gasteiger partial charge >= 0.3 is 0 Å². The summed E-state index contributed by atoms with van der Waals surface area (Å²) < 4.78 is 13.7. The number of primary amides is 2. The molecule has 0 radical (unpaired) electrons. The quantitative estimate of drug-likeness (QED) is 0.576. The van der Waals surface area contributed by atoms with E-state index in [1.807, 2.05) is 0 Å². The Hall–Kier alpha value is -2.97. The van der Waals surface area contributed by atoms with Gasteiger partial charge in [0.05, 0.1) is 11.6 Å². The highest BCUT2D eigenvalue weighted by molar-refractivity contribution is 6.07. The van der Waals surface area contributed by atoms with Crippen LogP contribution in [0.4, 0.5) is 10.1 Å². The summed E-state index contributed by atoms with van der Waals surface area (Å²) in [6, 6.07) is 4.01. The Morgan fingerprint density at radius 1 is 1.22 bits per heavy atom. The van der Waals surface area contributed by atoms with Crippen LogP contribution in [0, 0.1) is 11.7 Å². The lowest BCUT2D eigenvalue weighted by Gasteiger charge is -2.18. The van der Waals surface area contributed by atoms with Gasteiger partial charge in [0.15, 0.2) is 6.04 Å². The Morgan fingerprint density at radius 3 is 2.39 bits per heavy atom. The molecule has 1 aliphatic heterocycles. The van der Waals surface area contributed by atoms with Gasteiger partial charge in [-0.3, -0.25) is 19.2 Å². The third kappa shape index (κ3) is 3.44. The number of carbonyl (C=O) groups is 4. The van der Waals surface area contributed by atoms with E-state index >= 15 is 0 Å². The maximum atomic E-state index is 13.7. The number of benzene rings is 1. The van der Waals surface area contributed by atoms with E-state index in [0.29, 0.717) is 0 Å².